The van der Waals surface area contributed by atoms with Crippen molar-refractivity contribution < 1.29 is 23.8 Å². The molecule has 0 radical (unpaired) electrons. The molecule has 0 aromatic heterocycles. The van der Waals surface area contributed by atoms with Crippen molar-refractivity contribution in [2.75, 3.05) is 43.7 Å². The molecule has 1 atom stereocenters. The summed E-state index contributed by atoms with van der Waals surface area (Å²) in [5, 5.41) is 0. The van der Waals surface area contributed by atoms with Crippen LogP contribution in [0.1, 0.15) is 6.42 Å². The molecule has 2 aromatic carbocycles. The quantitative estimate of drug-likeness (QED) is 0.813. The summed E-state index contributed by atoms with van der Waals surface area (Å²) in [6.07, 6.45) is 0.165. The maximum atomic E-state index is 13.2. The Kier molecular flexibility index (Phi) is 4.81. The van der Waals surface area contributed by atoms with E-state index in [-0.39, 0.29) is 18.2 Å². The molecule has 7 nitrogen and oxygen atoms in total. The van der Waals surface area contributed by atoms with Crippen molar-refractivity contribution in [3.63, 3.8) is 0 Å². The van der Waals surface area contributed by atoms with Crippen LogP contribution in [0, 0.1) is 5.92 Å². The first-order valence-corrected chi connectivity index (χ1v) is 9.18. The minimum atomic E-state index is -0.422. The van der Waals surface area contributed by atoms with Crippen LogP contribution in [-0.2, 0) is 9.59 Å². The van der Waals surface area contributed by atoms with Crippen LogP contribution in [0.3, 0.4) is 0 Å². The number of rotatable bonds is 4. The lowest BCUT2D eigenvalue weighted by Gasteiger charge is -2.31. The number of benzene rings is 2. The van der Waals surface area contributed by atoms with Crippen LogP contribution < -0.4 is 24.0 Å². The standard InChI is InChI=1S/C21H22N2O5/c1-26-15-7-8-18(27-2)17(12-15)23-13-14(11-20(23)24)21(25)22-9-10-28-19-6-4-3-5-16(19)22/h3-8,12,14H,9-11,13H2,1-2H3. The number of carbonyl (C=O) groups is 2. The summed E-state index contributed by atoms with van der Waals surface area (Å²) in [5.74, 6) is 1.30. The molecule has 2 amide bonds. The summed E-state index contributed by atoms with van der Waals surface area (Å²) in [7, 11) is 3.12. The molecular formula is C21H22N2O5. The van der Waals surface area contributed by atoms with Crippen LogP contribution in [-0.4, -0.2) is 45.7 Å². The minimum absolute atomic E-state index is 0.0616. The summed E-state index contributed by atoms with van der Waals surface area (Å²) >= 11 is 0. The molecule has 1 saturated heterocycles. The van der Waals surface area contributed by atoms with Crippen LogP contribution in [0.25, 0.3) is 0 Å². The lowest BCUT2D eigenvalue weighted by molar-refractivity contribution is -0.124. The third-order valence-corrected chi connectivity index (χ3v) is 5.15. The Balaban J connectivity index is 1.58. The largest absolute Gasteiger partial charge is 0.497 e. The van der Waals surface area contributed by atoms with Gasteiger partial charge in [0.2, 0.25) is 11.8 Å². The normalized spacial score (nSPS) is 18.5. The number of anilines is 2. The third kappa shape index (κ3) is 3.13. The zero-order valence-corrected chi connectivity index (χ0v) is 15.9. The van der Waals surface area contributed by atoms with Gasteiger partial charge in [-0.25, -0.2) is 0 Å². The van der Waals surface area contributed by atoms with Gasteiger partial charge in [-0.2, -0.15) is 0 Å². The molecule has 2 aliphatic heterocycles. The fourth-order valence-corrected chi connectivity index (χ4v) is 3.73. The molecular weight excluding hydrogens is 360 g/mol. The fourth-order valence-electron chi connectivity index (χ4n) is 3.73. The van der Waals surface area contributed by atoms with Crippen LogP contribution in [0.15, 0.2) is 42.5 Å². The van der Waals surface area contributed by atoms with E-state index < -0.39 is 5.92 Å². The van der Waals surface area contributed by atoms with Crippen molar-refractivity contribution in [2.24, 2.45) is 5.92 Å². The van der Waals surface area contributed by atoms with Gasteiger partial charge in [-0.1, -0.05) is 12.1 Å². The number of fused-ring (bicyclic) bond motifs is 1. The number of hydrogen-bond acceptors (Lipinski definition) is 5. The van der Waals surface area contributed by atoms with Crippen molar-refractivity contribution in [3.05, 3.63) is 42.5 Å². The van der Waals surface area contributed by atoms with E-state index in [1.807, 2.05) is 24.3 Å². The third-order valence-electron chi connectivity index (χ3n) is 5.15. The van der Waals surface area contributed by atoms with E-state index in [0.29, 0.717) is 42.6 Å². The monoisotopic (exact) mass is 382 g/mol. The molecule has 0 spiro atoms. The highest BCUT2D eigenvalue weighted by Gasteiger charge is 2.39. The highest BCUT2D eigenvalue weighted by molar-refractivity contribution is 6.05. The summed E-state index contributed by atoms with van der Waals surface area (Å²) in [6, 6.07) is 12.8. The Morgan fingerprint density at radius 1 is 1.11 bits per heavy atom. The number of carbonyl (C=O) groups excluding carboxylic acids is 2. The number of ether oxygens (including phenoxy) is 3. The predicted octanol–water partition coefficient (Wildman–Crippen LogP) is 2.48. The van der Waals surface area contributed by atoms with Gasteiger partial charge in [0, 0.05) is 19.0 Å². The Bertz CT molecular complexity index is 913. The molecule has 4 rings (SSSR count). The first-order valence-electron chi connectivity index (χ1n) is 9.18. The van der Waals surface area contributed by atoms with Gasteiger partial charge >= 0.3 is 0 Å². The maximum absolute atomic E-state index is 13.2. The topological polar surface area (TPSA) is 68.3 Å². The Labute approximate surface area is 163 Å². The lowest BCUT2D eigenvalue weighted by Crippen LogP contribution is -2.42. The SMILES string of the molecule is COc1ccc(OC)c(N2CC(C(=O)N3CCOc4ccccc43)CC2=O)c1. The summed E-state index contributed by atoms with van der Waals surface area (Å²) in [5.41, 5.74) is 1.37. The van der Waals surface area contributed by atoms with E-state index in [1.165, 1.54) is 0 Å². The first kappa shape index (κ1) is 18.2. The number of para-hydroxylation sites is 2. The highest BCUT2D eigenvalue weighted by atomic mass is 16.5. The zero-order valence-electron chi connectivity index (χ0n) is 15.9. The maximum Gasteiger partial charge on any atom is 0.232 e. The molecule has 1 unspecified atom stereocenters. The Morgan fingerprint density at radius 2 is 1.93 bits per heavy atom. The predicted molar refractivity (Wildman–Crippen MR) is 104 cm³/mol. The molecule has 0 aliphatic carbocycles. The van der Waals surface area contributed by atoms with Crippen LogP contribution in [0.2, 0.25) is 0 Å². The van der Waals surface area contributed by atoms with Crippen molar-refractivity contribution in [1.82, 2.24) is 0 Å². The van der Waals surface area contributed by atoms with Crippen molar-refractivity contribution in [3.8, 4) is 17.2 Å². The lowest BCUT2D eigenvalue weighted by atomic mass is 10.1. The van der Waals surface area contributed by atoms with E-state index in [2.05, 4.69) is 0 Å². The van der Waals surface area contributed by atoms with Gasteiger partial charge in [0.05, 0.1) is 38.1 Å². The van der Waals surface area contributed by atoms with Crippen molar-refractivity contribution in [1.29, 1.82) is 0 Å². The molecule has 1 fully saturated rings. The average Bonchev–Trinajstić information content (AvgIpc) is 3.13. The minimum Gasteiger partial charge on any atom is -0.497 e. The van der Waals surface area contributed by atoms with E-state index in [0.717, 1.165) is 5.69 Å². The van der Waals surface area contributed by atoms with E-state index in [1.54, 1.807) is 42.2 Å². The fraction of sp³-hybridized carbons (Fsp3) is 0.333. The smallest absolute Gasteiger partial charge is 0.232 e. The van der Waals surface area contributed by atoms with Crippen LogP contribution in [0.4, 0.5) is 11.4 Å². The summed E-state index contributed by atoms with van der Waals surface area (Å²) in [6.45, 7) is 1.22. The number of hydrogen-bond donors (Lipinski definition) is 0. The van der Waals surface area contributed by atoms with Gasteiger partial charge in [0.1, 0.15) is 23.9 Å². The zero-order chi connectivity index (χ0) is 19.7. The van der Waals surface area contributed by atoms with E-state index in [9.17, 15) is 9.59 Å². The molecule has 0 N–H and O–H groups in total. The molecule has 28 heavy (non-hydrogen) atoms. The molecule has 0 saturated carbocycles. The number of amides is 2. The van der Waals surface area contributed by atoms with Gasteiger partial charge in [0.25, 0.3) is 0 Å². The second-order valence-electron chi connectivity index (χ2n) is 6.75. The molecule has 0 bridgehead atoms. The molecule has 2 aromatic rings. The Morgan fingerprint density at radius 3 is 2.71 bits per heavy atom. The molecule has 2 heterocycles. The second kappa shape index (κ2) is 7.42. The van der Waals surface area contributed by atoms with Crippen LogP contribution >= 0.6 is 0 Å². The molecule has 2 aliphatic rings. The summed E-state index contributed by atoms with van der Waals surface area (Å²) < 4.78 is 16.3. The van der Waals surface area contributed by atoms with Gasteiger partial charge in [-0.05, 0) is 24.3 Å². The van der Waals surface area contributed by atoms with Gasteiger partial charge in [-0.15, -0.1) is 0 Å². The first-order chi connectivity index (χ1) is 13.6. The van der Waals surface area contributed by atoms with Crippen LogP contribution in [0.5, 0.6) is 17.2 Å². The number of nitrogens with zero attached hydrogens (tertiary/aromatic N) is 2. The average molecular weight is 382 g/mol. The van der Waals surface area contributed by atoms with Gasteiger partial charge < -0.3 is 24.0 Å². The highest BCUT2D eigenvalue weighted by Crippen LogP contribution is 2.38. The molecule has 7 heteroatoms. The van der Waals surface area contributed by atoms with E-state index >= 15 is 0 Å². The summed E-state index contributed by atoms with van der Waals surface area (Å²) in [4.78, 5) is 29.3. The number of methoxy groups -OCH3 is 2. The van der Waals surface area contributed by atoms with Gasteiger partial charge in [-0.3, -0.25) is 9.59 Å². The Hall–Kier alpha value is -3.22. The van der Waals surface area contributed by atoms with Gasteiger partial charge in [0.15, 0.2) is 0 Å². The molecule has 146 valence electrons. The van der Waals surface area contributed by atoms with Crippen molar-refractivity contribution in [2.45, 2.75) is 6.42 Å². The van der Waals surface area contributed by atoms with Crippen molar-refractivity contribution >= 4 is 23.2 Å². The second-order valence-corrected chi connectivity index (χ2v) is 6.75. The van der Waals surface area contributed by atoms with E-state index in [4.69, 9.17) is 14.2 Å².